The van der Waals surface area contributed by atoms with Crippen molar-refractivity contribution in [3.05, 3.63) is 29.8 Å². The van der Waals surface area contributed by atoms with Crippen LogP contribution in [0.1, 0.15) is 17.8 Å². The molecule has 0 aromatic carbocycles. The molecule has 0 bridgehead atoms. The zero-order chi connectivity index (χ0) is 18.3. The minimum Gasteiger partial charge on any atom is -0.353 e. The lowest BCUT2D eigenvalue weighted by atomic mass is 10.2. The van der Waals surface area contributed by atoms with Gasteiger partial charge in [-0.05, 0) is 26.3 Å². The number of nitrogens with zero attached hydrogens (tertiary/aromatic N) is 6. The average molecular weight is 376 g/mol. The van der Waals surface area contributed by atoms with Crippen molar-refractivity contribution in [2.75, 3.05) is 42.6 Å². The quantitative estimate of drug-likeness (QED) is 0.775. The molecule has 0 N–H and O–H groups in total. The van der Waals surface area contributed by atoms with E-state index < -0.39 is 9.84 Å². The summed E-state index contributed by atoms with van der Waals surface area (Å²) in [7, 11) is -2.84. The fraction of sp³-hybridized carbons (Fsp3) is 0.588. The zero-order valence-electron chi connectivity index (χ0n) is 15.2. The van der Waals surface area contributed by atoms with Gasteiger partial charge in [0.15, 0.2) is 15.7 Å². The monoisotopic (exact) mass is 376 g/mol. The fourth-order valence-electron chi connectivity index (χ4n) is 3.84. The third kappa shape index (κ3) is 3.45. The van der Waals surface area contributed by atoms with Crippen LogP contribution in [0.5, 0.6) is 0 Å². The SMILES string of the molecule is Cc1cc(C)n(-c2cncc(N3CCN(C4CCS(=O)(=O)C4)CC3)n2)n1. The zero-order valence-corrected chi connectivity index (χ0v) is 16.0. The first-order chi connectivity index (χ1) is 12.4. The van der Waals surface area contributed by atoms with Gasteiger partial charge in [0.25, 0.3) is 0 Å². The van der Waals surface area contributed by atoms with Crippen molar-refractivity contribution >= 4 is 15.7 Å². The molecule has 8 nitrogen and oxygen atoms in total. The molecule has 0 saturated carbocycles. The Balaban J connectivity index is 1.45. The van der Waals surface area contributed by atoms with Crippen molar-refractivity contribution in [1.29, 1.82) is 0 Å². The van der Waals surface area contributed by atoms with Crippen LogP contribution in [0.25, 0.3) is 5.82 Å². The molecule has 2 aliphatic heterocycles. The van der Waals surface area contributed by atoms with E-state index >= 15 is 0 Å². The Morgan fingerprint density at radius 1 is 1.08 bits per heavy atom. The van der Waals surface area contributed by atoms with Gasteiger partial charge in [0.05, 0.1) is 29.6 Å². The first-order valence-corrected chi connectivity index (χ1v) is 10.8. The van der Waals surface area contributed by atoms with Crippen LogP contribution in [0.2, 0.25) is 0 Å². The van der Waals surface area contributed by atoms with Crippen LogP contribution in [0.3, 0.4) is 0 Å². The molecule has 140 valence electrons. The van der Waals surface area contributed by atoms with Gasteiger partial charge in [-0.3, -0.25) is 9.88 Å². The molecule has 0 amide bonds. The summed E-state index contributed by atoms with van der Waals surface area (Å²) in [6, 6.07) is 2.19. The lowest BCUT2D eigenvalue weighted by Gasteiger charge is -2.38. The molecule has 0 spiro atoms. The van der Waals surface area contributed by atoms with Gasteiger partial charge in [0.2, 0.25) is 0 Å². The first-order valence-electron chi connectivity index (χ1n) is 8.96. The van der Waals surface area contributed by atoms with Crippen molar-refractivity contribution in [2.45, 2.75) is 26.3 Å². The van der Waals surface area contributed by atoms with E-state index in [1.54, 1.807) is 12.4 Å². The van der Waals surface area contributed by atoms with Crippen LogP contribution in [0, 0.1) is 13.8 Å². The average Bonchev–Trinajstić information content (AvgIpc) is 3.16. The van der Waals surface area contributed by atoms with E-state index in [0.29, 0.717) is 11.5 Å². The number of rotatable bonds is 3. The molecule has 0 aliphatic carbocycles. The number of piperazine rings is 1. The smallest absolute Gasteiger partial charge is 0.174 e. The lowest BCUT2D eigenvalue weighted by molar-refractivity contribution is 0.200. The molecular weight excluding hydrogens is 352 g/mol. The van der Waals surface area contributed by atoms with E-state index in [2.05, 4.69) is 19.9 Å². The largest absolute Gasteiger partial charge is 0.353 e. The van der Waals surface area contributed by atoms with E-state index in [1.807, 2.05) is 24.6 Å². The van der Waals surface area contributed by atoms with E-state index in [4.69, 9.17) is 4.98 Å². The summed E-state index contributed by atoms with van der Waals surface area (Å²) in [5, 5.41) is 4.48. The Morgan fingerprint density at radius 2 is 1.81 bits per heavy atom. The summed E-state index contributed by atoms with van der Waals surface area (Å²) in [5.74, 6) is 2.19. The van der Waals surface area contributed by atoms with Gasteiger partial charge < -0.3 is 4.90 Å². The van der Waals surface area contributed by atoms with Gasteiger partial charge in [0.1, 0.15) is 5.82 Å². The highest BCUT2D eigenvalue weighted by molar-refractivity contribution is 7.91. The molecule has 2 aliphatic rings. The van der Waals surface area contributed by atoms with Gasteiger partial charge in [0, 0.05) is 37.9 Å². The predicted octanol–water partition coefficient (Wildman–Crippen LogP) is 0.588. The van der Waals surface area contributed by atoms with Crippen LogP contribution >= 0.6 is 0 Å². The Kier molecular flexibility index (Phi) is 4.44. The fourth-order valence-corrected chi connectivity index (χ4v) is 5.60. The molecule has 2 aromatic rings. The van der Waals surface area contributed by atoms with Crippen molar-refractivity contribution in [2.24, 2.45) is 0 Å². The van der Waals surface area contributed by atoms with Crippen LogP contribution < -0.4 is 4.90 Å². The molecule has 0 radical (unpaired) electrons. The van der Waals surface area contributed by atoms with Gasteiger partial charge >= 0.3 is 0 Å². The predicted molar refractivity (Wildman–Crippen MR) is 99.5 cm³/mol. The number of hydrogen-bond acceptors (Lipinski definition) is 7. The second-order valence-electron chi connectivity index (χ2n) is 7.15. The summed E-state index contributed by atoms with van der Waals surface area (Å²) in [6.45, 7) is 7.32. The number of sulfone groups is 1. The molecule has 26 heavy (non-hydrogen) atoms. The van der Waals surface area contributed by atoms with Crippen LogP contribution in [-0.2, 0) is 9.84 Å². The van der Waals surface area contributed by atoms with Crippen molar-refractivity contribution in [3.63, 3.8) is 0 Å². The van der Waals surface area contributed by atoms with Crippen LogP contribution in [0.4, 0.5) is 5.82 Å². The second-order valence-corrected chi connectivity index (χ2v) is 9.38. The first kappa shape index (κ1) is 17.4. The maximum Gasteiger partial charge on any atom is 0.174 e. The van der Waals surface area contributed by atoms with Gasteiger partial charge in [-0.2, -0.15) is 5.10 Å². The van der Waals surface area contributed by atoms with E-state index in [0.717, 1.165) is 55.6 Å². The highest BCUT2D eigenvalue weighted by atomic mass is 32.2. The minimum absolute atomic E-state index is 0.175. The summed E-state index contributed by atoms with van der Waals surface area (Å²) in [6.07, 6.45) is 4.27. The summed E-state index contributed by atoms with van der Waals surface area (Å²) in [5.41, 5.74) is 1.98. The Morgan fingerprint density at radius 3 is 2.42 bits per heavy atom. The molecule has 1 atom stereocenters. The molecule has 4 rings (SSSR count). The Labute approximate surface area is 153 Å². The summed E-state index contributed by atoms with van der Waals surface area (Å²) in [4.78, 5) is 13.6. The number of aromatic nitrogens is 4. The standard InChI is InChI=1S/C17H24N6O2S/c1-13-9-14(2)23(20-13)17-11-18-10-16(19-17)22-6-4-21(5-7-22)15-3-8-26(24,25)12-15/h9-11,15H,3-8,12H2,1-2H3. The van der Waals surface area contributed by atoms with Gasteiger partial charge in [-0.25, -0.2) is 18.1 Å². The van der Waals surface area contributed by atoms with Crippen molar-refractivity contribution in [1.82, 2.24) is 24.6 Å². The highest BCUT2D eigenvalue weighted by Crippen LogP contribution is 2.21. The van der Waals surface area contributed by atoms with Crippen molar-refractivity contribution < 1.29 is 8.42 Å². The molecule has 1 unspecified atom stereocenters. The Hall–Kier alpha value is -2.00. The second kappa shape index (κ2) is 6.62. The summed E-state index contributed by atoms with van der Waals surface area (Å²) >= 11 is 0. The highest BCUT2D eigenvalue weighted by Gasteiger charge is 2.33. The number of anilines is 1. The molecule has 2 saturated heterocycles. The number of aryl methyl sites for hydroxylation is 2. The molecule has 2 aromatic heterocycles. The normalized spacial score (nSPS) is 23.5. The lowest BCUT2D eigenvalue weighted by Crippen LogP contribution is -2.51. The van der Waals surface area contributed by atoms with Crippen LogP contribution in [-0.4, -0.2) is 76.8 Å². The molecular formula is C17H24N6O2S. The molecule has 4 heterocycles. The topological polar surface area (TPSA) is 84.2 Å². The maximum absolute atomic E-state index is 11.7. The number of hydrogen-bond donors (Lipinski definition) is 0. The van der Waals surface area contributed by atoms with E-state index in [1.165, 1.54) is 0 Å². The van der Waals surface area contributed by atoms with Crippen LogP contribution in [0.15, 0.2) is 18.5 Å². The van der Waals surface area contributed by atoms with Gasteiger partial charge in [-0.15, -0.1) is 0 Å². The van der Waals surface area contributed by atoms with Crippen molar-refractivity contribution in [3.8, 4) is 5.82 Å². The summed E-state index contributed by atoms with van der Waals surface area (Å²) < 4.78 is 25.2. The molecule has 9 heteroatoms. The van der Waals surface area contributed by atoms with E-state index in [-0.39, 0.29) is 6.04 Å². The third-order valence-electron chi connectivity index (χ3n) is 5.20. The Bertz CT molecular complexity index is 902. The van der Waals surface area contributed by atoms with E-state index in [9.17, 15) is 8.42 Å². The maximum atomic E-state index is 11.7. The third-order valence-corrected chi connectivity index (χ3v) is 6.95. The molecule has 2 fully saturated rings. The minimum atomic E-state index is -2.84. The van der Waals surface area contributed by atoms with Gasteiger partial charge in [-0.1, -0.05) is 0 Å².